The largest absolute Gasteiger partial charge is 0.369 e. The van der Waals surface area contributed by atoms with E-state index in [-0.39, 0.29) is 0 Å². The van der Waals surface area contributed by atoms with E-state index in [0.29, 0.717) is 11.8 Å². The first kappa shape index (κ1) is 12.8. The summed E-state index contributed by atoms with van der Waals surface area (Å²) in [5.41, 5.74) is 1.15. The third-order valence-corrected chi connectivity index (χ3v) is 3.66. The molecule has 4 heteroatoms. The van der Waals surface area contributed by atoms with Crippen molar-refractivity contribution in [3.8, 4) is 0 Å². The maximum Gasteiger partial charge on any atom is 0.144 e. The fourth-order valence-electron chi connectivity index (χ4n) is 1.84. The Morgan fingerprint density at radius 2 is 2.06 bits per heavy atom. The molecular weight excluding hydrogens is 278 g/mol. The van der Waals surface area contributed by atoms with Gasteiger partial charge in [0.1, 0.15) is 11.6 Å². The summed E-state index contributed by atoms with van der Waals surface area (Å²) in [6.07, 6.45) is 3.49. The van der Waals surface area contributed by atoms with Gasteiger partial charge in [-0.1, -0.05) is 13.8 Å². The first-order valence-corrected chi connectivity index (χ1v) is 7.21. The third-order valence-electron chi connectivity index (χ3n) is 2.83. The van der Waals surface area contributed by atoms with Crippen LogP contribution in [0.1, 0.15) is 51.0 Å². The summed E-state index contributed by atoms with van der Waals surface area (Å²) >= 11 is 3.63. The second-order valence-corrected chi connectivity index (χ2v) is 5.89. The number of nitrogens with one attached hydrogen (secondary N) is 1. The summed E-state index contributed by atoms with van der Waals surface area (Å²) in [4.78, 5) is 9.34. The fourth-order valence-corrected chi connectivity index (χ4v) is 2.32. The second-order valence-electron chi connectivity index (χ2n) is 5.09. The molecule has 3 nitrogen and oxygen atoms in total. The number of halogens is 1. The minimum atomic E-state index is 0.603. The van der Waals surface area contributed by atoms with Crippen molar-refractivity contribution in [3.63, 3.8) is 0 Å². The summed E-state index contributed by atoms with van der Waals surface area (Å²) in [5, 5.41) is 3.31. The predicted molar refractivity (Wildman–Crippen MR) is 74.4 cm³/mol. The lowest BCUT2D eigenvalue weighted by molar-refractivity contribution is 0.628. The molecule has 0 amide bonds. The first-order chi connectivity index (χ1) is 8.11. The van der Waals surface area contributed by atoms with Gasteiger partial charge < -0.3 is 5.32 Å². The van der Waals surface area contributed by atoms with Crippen molar-refractivity contribution < 1.29 is 0 Å². The zero-order chi connectivity index (χ0) is 12.4. The molecule has 0 unspecified atom stereocenters. The summed E-state index contributed by atoms with van der Waals surface area (Å²) in [7, 11) is 0. The molecule has 0 saturated heterocycles. The van der Waals surface area contributed by atoms with E-state index in [1.165, 1.54) is 12.8 Å². The average Bonchev–Trinajstić information content (AvgIpc) is 3.07. The van der Waals surface area contributed by atoms with Crippen LogP contribution >= 0.6 is 15.9 Å². The van der Waals surface area contributed by atoms with Crippen molar-refractivity contribution in [2.24, 2.45) is 5.92 Å². The Morgan fingerprint density at radius 3 is 2.59 bits per heavy atom. The number of anilines is 1. The molecule has 0 aliphatic heterocycles. The summed E-state index contributed by atoms with van der Waals surface area (Å²) in [6.45, 7) is 7.42. The Morgan fingerprint density at radius 1 is 1.35 bits per heavy atom. The molecular formula is C13H20BrN3. The molecule has 94 valence electrons. The molecule has 0 radical (unpaired) electrons. The molecule has 17 heavy (non-hydrogen) atoms. The molecule has 0 aromatic carbocycles. The lowest BCUT2D eigenvalue weighted by Crippen LogP contribution is -2.09. The van der Waals surface area contributed by atoms with Crippen LogP contribution in [0.2, 0.25) is 0 Å². The smallest absolute Gasteiger partial charge is 0.144 e. The Kier molecular flexibility index (Phi) is 4.02. The normalized spacial score (nSPS) is 15.4. The van der Waals surface area contributed by atoms with Gasteiger partial charge in [0.25, 0.3) is 0 Å². The highest BCUT2D eigenvalue weighted by Gasteiger charge is 2.28. The molecule has 1 N–H and O–H groups in total. The van der Waals surface area contributed by atoms with Gasteiger partial charge in [0.15, 0.2) is 0 Å². The Balaban J connectivity index is 2.33. The van der Waals surface area contributed by atoms with Crippen molar-refractivity contribution in [1.29, 1.82) is 0 Å². The van der Waals surface area contributed by atoms with Crippen LogP contribution in [-0.4, -0.2) is 16.5 Å². The van der Waals surface area contributed by atoms with Gasteiger partial charge in [-0.2, -0.15) is 0 Å². The predicted octanol–water partition coefficient (Wildman–Crippen LogP) is 3.75. The Labute approximate surface area is 112 Å². The highest BCUT2D eigenvalue weighted by molar-refractivity contribution is 9.10. The van der Waals surface area contributed by atoms with Crippen molar-refractivity contribution in [3.05, 3.63) is 16.0 Å². The number of hydrogen-bond donors (Lipinski definition) is 1. The second kappa shape index (κ2) is 5.34. The van der Waals surface area contributed by atoms with Crippen LogP contribution in [-0.2, 0) is 6.42 Å². The average molecular weight is 298 g/mol. The highest BCUT2D eigenvalue weighted by Crippen LogP contribution is 2.39. The number of rotatable bonds is 5. The highest BCUT2D eigenvalue weighted by atomic mass is 79.9. The van der Waals surface area contributed by atoms with Crippen molar-refractivity contribution in [1.82, 2.24) is 9.97 Å². The summed E-state index contributed by atoms with van der Waals surface area (Å²) < 4.78 is 1.04. The number of hydrogen-bond acceptors (Lipinski definition) is 3. The lowest BCUT2D eigenvalue weighted by atomic mass is 10.1. The number of aromatic nitrogens is 2. The molecule has 1 heterocycles. The van der Waals surface area contributed by atoms with E-state index in [0.717, 1.165) is 34.8 Å². The standard InChI is InChI=1S/C13H20BrN3/c1-4-15-13-11(14)10(7-8(2)3)16-12(17-13)9-5-6-9/h8-9H,4-7H2,1-3H3,(H,15,16,17). The van der Waals surface area contributed by atoms with Crippen molar-refractivity contribution in [2.75, 3.05) is 11.9 Å². The van der Waals surface area contributed by atoms with Crippen LogP contribution in [0.3, 0.4) is 0 Å². The van der Waals surface area contributed by atoms with Crippen LogP contribution in [0.4, 0.5) is 5.82 Å². The molecule has 1 fully saturated rings. The van der Waals surface area contributed by atoms with Gasteiger partial charge in [0, 0.05) is 12.5 Å². The lowest BCUT2D eigenvalue weighted by Gasteiger charge is -2.13. The Hall–Kier alpha value is -0.640. The van der Waals surface area contributed by atoms with Gasteiger partial charge in [0.05, 0.1) is 10.2 Å². The van der Waals surface area contributed by atoms with Gasteiger partial charge in [-0.15, -0.1) is 0 Å². The van der Waals surface area contributed by atoms with Crippen molar-refractivity contribution >= 4 is 21.7 Å². The maximum atomic E-state index is 4.72. The summed E-state index contributed by atoms with van der Waals surface area (Å²) in [5.74, 6) is 3.20. The van der Waals surface area contributed by atoms with Gasteiger partial charge in [-0.25, -0.2) is 9.97 Å². The molecule has 1 aliphatic rings. The van der Waals surface area contributed by atoms with Crippen LogP contribution < -0.4 is 5.32 Å². The Bertz CT molecular complexity index is 400. The van der Waals surface area contributed by atoms with Gasteiger partial charge >= 0.3 is 0 Å². The van der Waals surface area contributed by atoms with Gasteiger partial charge in [-0.3, -0.25) is 0 Å². The monoisotopic (exact) mass is 297 g/mol. The molecule has 0 atom stereocenters. The fraction of sp³-hybridized carbons (Fsp3) is 0.692. The molecule has 0 bridgehead atoms. The van der Waals surface area contributed by atoms with E-state index in [4.69, 9.17) is 4.98 Å². The molecule has 1 saturated carbocycles. The molecule has 2 rings (SSSR count). The van der Waals surface area contributed by atoms with Gasteiger partial charge in [0.2, 0.25) is 0 Å². The molecule has 1 aromatic rings. The molecule has 1 aromatic heterocycles. The third kappa shape index (κ3) is 3.18. The van der Waals surface area contributed by atoms with E-state index in [1.54, 1.807) is 0 Å². The first-order valence-electron chi connectivity index (χ1n) is 6.42. The quantitative estimate of drug-likeness (QED) is 0.899. The van der Waals surface area contributed by atoms with E-state index in [1.807, 2.05) is 0 Å². The van der Waals surface area contributed by atoms with Crippen LogP contribution in [0, 0.1) is 5.92 Å². The molecule has 1 aliphatic carbocycles. The van der Waals surface area contributed by atoms with E-state index in [9.17, 15) is 0 Å². The minimum Gasteiger partial charge on any atom is -0.369 e. The van der Waals surface area contributed by atoms with Crippen LogP contribution in [0.15, 0.2) is 4.47 Å². The molecule has 0 spiro atoms. The van der Waals surface area contributed by atoms with E-state index in [2.05, 4.69) is 47.0 Å². The maximum absolute atomic E-state index is 4.72. The SMILES string of the molecule is CCNc1nc(C2CC2)nc(CC(C)C)c1Br. The topological polar surface area (TPSA) is 37.8 Å². The minimum absolute atomic E-state index is 0.603. The van der Waals surface area contributed by atoms with Crippen molar-refractivity contribution in [2.45, 2.75) is 46.0 Å². The zero-order valence-electron chi connectivity index (χ0n) is 10.8. The summed E-state index contributed by atoms with van der Waals surface area (Å²) in [6, 6.07) is 0. The number of nitrogens with zero attached hydrogens (tertiary/aromatic N) is 2. The van der Waals surface area contributed by atoms with Crippen LogP contribution in [0.25, 0.3) is 0 Å². The van der Waals surface area contributed by atoms with E-state index >= 15 is 0 Å². The van der Waals surface area contributed by atoms with Crippen LogP contribution in [0.5, 0.6) is 0 Å². The van der Waals surface area contributed by atoms with Gasteiger partial charge in [-0.05, 0) is 48.0 Å². The zero-order valence-corrected chi connectivity index (χ0v) is 12.3. The van der Waals surface area contributed by atoms with E-state index < -0.39 is 0 Å².